The van der Waals surface area contributed by atoms with E-state index in [0.717, 1.165) is 0 Å². The molecule has 0 spiro atoms. The maximum atomic E-state index is 11.9. The predicted molar refractivity (Wildman–Crippen MR) is 79.7 cm³/mol. The summed E-state index contributed by atoms with van der Waals surface area (Å²) in [6.45, 7) is 0.361. The summed E-state index contributed by atoms with van der Waals surface area (Å²) in [5, 5.41) is 11.6. The number of aliphatic imine (C=N–C) groups is 1. The van der Waals surface area contributed by atoms with Gasteiger partial charge in [0.15, 0.2) is 5.96 Å². The largest absolute Gasteiger partial charge is 0.480 e. The van der Waals surface area contributed by atoms with E-state index in [1.54, 1.807) is 0 Å². The van der Waals surface area contributed by atoms with E-state index < -0.39 is 24.0 Å². The number of carboxylic acid groups (broad SMARTS) is 1. The molecule has 0 bridgehead atoms. The summed E-state index contributed by atoms with van der Waals surface area (Å²) in [5.74, 6) is -1.70. The van der Waals surface area contributed by atoms with Crippen LogP contribution < -0.4 is 22.5 Å². The Labute approximate surface area is 127 Å². The topological polar surface area (TPSA) is 186 Å². The van der Waals surface area contributed by atoms with E-state index in [9.17, 15) is 9.59 Å². The molecule has 10 heteroatoms. The molecule has 0 unspecified atom stereocenters. The number of guanidine groups is 1. The van der Waals surface area contributed by atoms with Crippen molar-refractivity contribution in [3.8, 4) is 0 Å². The fourth-order valence-electron chi connectivity index (χ4n) is 1.75. The number of imidazole rings is 1. The van der Waals surface area contributed by atoms with E-state index in [1.165, 1.54) is 12.5 Å². The van der Waals surface area contributed by atoms with Gasteiger partial charge in [0.2, 0.25) is 5.91 Å². The summed E-state index contributed by atoms with van der Waals surface area (Å²) < 4.78 is 0. The highest BCUT2D eigenvalue weighted by atomic mass is 16.4. The number of aromatic amines is 1. The highest BCUT2D eigenvalue weighted by Gasteiger charge is 2.23. The molecule has 0 saturated carbocycles. The molecule has 1 aromatic rings. The lowest BCUT2D eigenvalue weighted by Crippen LogP contribution is -2.49. The second-order valence-electron chi connectivity index (χ2n) is 4.74. The third-order valence-corrected chi connectivity index (χ3v) is 2.90. The molecule has 1 aromatic heterocycles. The maximum absolute atomic E-state index is 11.9. The van der Waals surface area contributed by atoms with Gasteiger partial charge in [0.1, 0.15) is 6.04 Å². The van der Waals surface area contributed by atoms with Crippen molar-refractivity contribution in [2.75, 3.05) is 6.54 Å². The van der Waals surface area contributed by atoms with Gasteiger partial charge >= 0.3 is 5.97 Å². The average molecular weight is 311 g/mol. The Morgan fingerprint density at radius 2 is 2.18 bits per heavy atom. The molecule has 0 aromatic carbocycles. The first-order valence-electron chi connectivity index (χ1n) is 6.71. The van der Waals surface area contributed by atoms with Crippen LogP contribution in [0.3, 0.4) is 0 Å². The van der Waals surface area contributed by atoms with Crippen LogP contribution >= 0.6 is 0 Å². The number of carboxylic acids is 1. The van der Waals surface area contributed by atoms with Crippen molar-refractivity contribution in [3.05, 3.63) is 18.2 Å². The second kappa shape index (κ2) is 8.62. The number of hydrogen-bond acceptors (Lipinski definition) is 5. The summed E-state index contributed by atoms with van der Waals surface area (Å²) >= 11 is 0. The van der Waals surface area contributed by atoms with Crippen LogP contribution in [0.25, 0.3) is 0 Å². The van der Waals surface area contributed by atoms with E-state index in [1.807, 2.05) is 0 Å². The second-order valence-corrected chi connectivity index (χ2v) is 4.74. The highest BCUT2D eigenvalue weighted by Crippen LogP contribution is 2.01. The molecule has 122 valence electrons. The summed E-state index contributed by atoms with van der Waals surface area (Å²) in [5.41, 5.74) is 16.7. The Morgan fingerprint density at radius 3 is 2.73 bits per heavy atom. The fourth-order valence-corrected chi connectivity index (χ4v) is 1.75. The first-order chi connectivity index (χ1) is 10.4. The Bertz CT molecular complexity index is 511. The number of rotatable bonds is 9. The minimum atomic E-state index is -1.14. The standard InChI is InChI=1S/C12H21N7O3/c13-8(2-1-3-17-12(14)15)10(20)19-9(11(21)22)4-7-5-16-6-18-7/h5-6,8-9H,1-4,13H2,(H,16,18)(H,19,20)(H,21,22)(H4,14,15,17)/t8-,9-/m0/s1. The van der Waals surface area contributed by atoms with Crippen molar-refractivity contribution >= 4 is 17.8 Å². The van der Waals surface area contributed by atoms with Crippen molar-refractivity contribution in [2.45, 2.75) is 31.3 Å². The number of nitrogens with zero attached hydrogens (tertiary/aromatic N) is 2. The number of carbonyl (C=O) groups is 2. The van der Waals surface area contributed by atoms with Gasteiger partial charge in [-0.25, -0.2) is 9.78 Å². The predicted octanol–water partition coefficient (Wildman–Crippen LogP) is -2.10. The lowest BCUT2D eigenvalue weighted by molar-refractivity contribution is -0.142. The molecular weight excluding hydrogens is 290 g/mol. The Balaban J connectivity index is 2.45. The van der Waals surface area contributed by atoms with Crippen molar-refractivity contribution < 1.29 is 14.7 Å². The van der Waals surface area contributed by atoms with Gasteiger partial charge in [-0.1, -0.05) is 0 Å². The molecule has 0 saturated heterocycles. The molecule has 1 amide bonds. The fraction of sp³-hybridized carbons (Fsp3) is 0.500. The van der Waals surface area contributed by atoms with Crippen molar-refractivity contribution in [1.82, 2.24) is 15.3 Å². The third-order valence-electron chi connectivity index (χ3n) is 2.90. The zero-order valence-corrected chi connectivity index (χ0v) is 12.0. The summed E-state index contributed by atoms with van der Waals surface area (Å²) in [6, 6.07) is -1.89. The van der Waals surface area contributed by atoms with Crippen LogP contribution in [0.15, 0.2) is 17.5 Å². The van der Waals surface area contributed by atoms with Crippen molar-refractivity contribution in [1.29, 1.82) is 0 Å². The van der Waals surface area contributed by atoms with Crippen LogP contribution in [0.1, 0.15) is 18.5 Å². The smallest absolute Gasteiger partial charge is 0.326 e. The number of amides is 1. The lowest BCUT2D eigenvalue weighted by atomic mass is 10.1. The molecular formula is C12H21N7O3. The number of hydrogen-bond donors (Lipinski definition) is 6. The molecule has 0 aliphatic rings. The zero-order chi connectivity index (χ0) is 16.5. The molecule has 10 nitrogen and oxygen atoms in total. The molecule has 1 rings (SSSR count). The lowest BCUT2D eigenvalue weighted by Gasteiger charge is -2.17. The minimum Gasteiger partial charge on any atom is -0.480 e. The SMILES string of the molecule is NC(N)=NCCC[C@H](N)C(=O)N[C@@H](Cc1cnc[nH]1)C(=O)O. The van der Waals surface area contributed by atoms with Gasteiger partial charge in [-0.2, -0.15) is 0 Å². The van der Waals surface area contributed by atoms with Crippen LogP contribution in [0.2, 0.25) is 0 Å². The van der Waals surface area contributed by atoms with Gasteiger partial charge in [-0.05, 0) is 12.8 Å². The van der Waals surface area contributed by atoms with Gasteiger partial charge in [0.05, 0.1) is 12.4 Å². The maximum Gasteiger partial charge on any atom is 0.326 e. The number of nitrogens with one attached hydrogen (secondary N) is 2. The van der Waals surface area contributed by atoms with E-state index in [-0.39, 0.29) is 12.4 Å². The van der Waals surface area contributed by atoms with Crippen LogP contribution in [-0.4, -0.2) is 51.5 Å². The minimum absolute atomic E-state index is 0.0245. The quantitative estimate of drug-likeness (QED) is 0.171. The normalized spacial score (nSPS) is 13.1. The van der Waals surface area contributed by atoms with E-state index in [4.69, 9.17) is 22.3 Å². The number of H-pyrrole nitrogens is 1. The van der Waals surface area contributed by atoms with Gasteiger partial charge in [0, 0.05) is 24.9 Å². The van der Waals surface area contributed by atoms with E-state index in [2.05, 4.69) is 20.3 Å². The molecule has 0 radical (unpaired) electrons. The van der Waals surface area contributed by atoms with Crippen LogP contribution in [-0.2, 0) is 16.0 Å². The van der Waals surface area contributed by atoms with Gasteiger partial charge in [0.25, 0.3) is 0 Å². The Hall–Kier alpha value is -2.62. The first-order valence-corrected chi connectivity index (χ1v) is 6.71. The molecule has 0 fully saturated rings. The van der Waals surface area contributed by atoms with Crippen LogP contribution in [0.4, 0.5) is 0 Å². The zero-order valence-electron chi connectivity index (χ0n) is 12.0. The summed E-state index contributed by atoms with van der Waals surface area (Å²) in [7, 11) is 0. The number of aliphatic carboxylic acids is 1. The Morgan fingerprint density at radius 1 is 1.45 bits per heavy atom. The number of aromatic nitrogens is 2. The Kier molecular flexibility index (Phi) is 6.83. The van der Waals surface area contributed by atoms with Crippen LogP contribution in [0, 0.1) is 0 Å². The third kappa shape index (κ3) is 6.22. The molecule has 0 aliphatic heterocycles. The molecule has 9 N–H and O–H groups in total. The number of carbonyl (C=O) groups excluding carboxylic acids is 1. The molecule has 0 aliphatic carbocycles. The van der Waals surface area contributed by atoms with E-state index >= 15 is 0 Å². The molecule has 22 heavy (non-hydrogen) atoms. The van der Waals surface area contributed by atoms with Gasteiger partial charge in [-0.15, -0.1) is 0 Å². The molecule has 2 atom stereocenters. The van der Waals surface area contributed by atoms with Crippen molar-refractivity contribution in [2.24, 2.45) is 22.2 Å². The van der Waals surface area contributed by atoms with Gasteiger partial charge in [-0.3, -0.25) is 9.79 Å². The monoisotopic (exact) mass is 311 g/mol. The highest BCUT2D eigenvalue weighted by molar-refractivity contribution is 5.86. The van der Waals surface area contributed by atoms with Crippen molar-refractivity contribution in [3.63, 3.8) is 0 Å². The van der Waals surface area contributed by atoms with E-state index in [0.29, 0.717) is 25.1 Å². The average Bonchev–Trinajstić information content (AvgIpc) is 2.95. The van der Waals surface area contributed by atoms with Crippen LogP contribution in [0.5, 0.6) is 0 Å². The van der Waals surface area contributed by atoms with Gasteiger partial charge < -0.3 is 32.6 Å². The number of nitrogens with two attached hydrogens (primary N) is 3. The summed E-state index contributed by atoms with van der Waals surface area (Å²) in [6.07, 6.45) is 3.90. The summed E-state index contributed by atoms with van der Waals surface area (Å²) in [4.78, 5) is 33.4. The molecule has 1 heterocycles. The first kappa shape index (κ1) is 17.4.